The van der Waals surface area contributed by atoms with Gasteiger partial charge in [-0.3, -0.25) is 4.79 Å². The van der Waals surface area contributed by atoms with Crippen LogP contribution in [0.25, 0.3) is 0 Å². The highest BCUT2D eigenvalue weighted by Crippen LogP contribution is 2.12. The number of hydrogen-bond acceptors (Lipinski definition) is 2. The minimum atomic E-state index is 0.132. The number of amides is 1. The van der Waals surface area contributed by atoms with Crippen LogP contribution in [0.2, 0.25) is 0 Å². The largest absolute Gasteiger partial charge is 0.352 e. The van der Waals surface area contributed by atoms with Gasteiger partial charge in [-0.1, -0.05) is 34.1 Å². The quantitative estimate of drug-likeness (QED) is 0.790. The SMILES string of the molecule is CCC(C)C(=O)N[C@@H](CN1CCCCC1)C(C)C. The average Bonchev–Trinajstić information content (AvgIpc) is 2.37. The van der Waals surface area contributed by atoms with Gasteiger partial charge >= 0.3 is 0 Å². The maximum absolute atomic E-state index is 12.0. The number of hydrogen-bond donors (Lipinski definition) is 1. The summed E-state index contributed by atoms with van der Waals surface area (Å²) >= 11 is 0. The summed E-state index contributed by atoms with van der Waals surface area (Å²) < 4.78 is 0. The molecule has 1 amide bonds. The molecule has 18 heavy (non-hydrogen) atoms. The van der Waals surface area contributed by atoms with Crippen molar-refractivity contribution < 1.29 is 4.79 Å². The molecule has 1 rings (SSSR count). The summed E-state index contributed by atoms with van der Waals surface area (Å²) in [5, 5.41) is 3.23. The monoisotopic (exact) mass is 254 g/mol. The Morgan fingerprint density at radius 3 is 2.28 bits per heavy atom. The van der Waals surface area contributed by atoms with E-state index in [1.54, 1.807) is 0 Å². The van der Waals surface area contributed by atoms with Gasteiger partial charge in [0.2, 0.25) is 5.91 Å². The van der Waals surface area contributed by atoms with Gasteiger partial charge in [-0.25, -0.2) is 0 Å². The van der Waals surface area contributed by atoms with Gasteiger partial charge in [0.25, 0.3) is 0 Å². The van der Waals surface area contributed by atoms with Crippen LogP contribution in [0.4, 0.5) is 0 Å². The standard InChI is InChI=1S/C15H30N2O/c1-5-13(4)15(18)16-14(12(2)3)11-17-9-7-6-8-10-17/h12-14H,5-11H2,1-4H3,(H,16,18)/t13?,14-/m0/s1. The predicted octanol–water partition coefficient (Wildman–Crippen LogP) is 2.66. The smallest absolute Gasteiger partial charge is 0.223 e. The molecule has 1 heterocycles. The van der Waals surface area contributed by atoms with Crippen LogP contribution in [0.15, 0.2) is 0 Å². The molecule has 0 bridgehead atoms. The summed E-state index contributed by atoms with van der Waals surface area (Å²) in [6.07, 6.45) is 4.90. The molecule has 3 nitrogen and oxygen atoms in total. The molecule has 0 aliphatic carbocycles. The molecule has 0 spiro atoms. The number of piperidine rings is 1. The molecule has 1 aliphatic rings. The van der Waals surface area contributed by atoms with E-state index in [1.165, 1.54) is 32.4 Å². The van der Waals surface area contributed by atoms with E-state index in [0.717, 1.165) is 13.0 Å². The third-order valence-corrected chi connectivity index (χ3v) is 4.10. The van der Waals surface area contributed by atoms with E-state index in [1.807, 2.05) is 6.92 Å². The zero-order valence-corrected chi connectivity index (χ0v) is 12.5. The molecule has 106 valence electrons. The number of nitrogens with one attached hydrogen (secondary N) is 1. The third kappa shape index (κ3) is 4.97. The minimum Gasteiger partial charge on any atom is -0.352 e. The van der Waals surface area contributed by atoms with Crippen LogP contribution in [0.5, 0.6) is 0 Å². The zero-order valence-electron chi connectivity index (χ0n) is 12.5. The summed E-state index contributed by atoms with van der Waals surface area (Å²) in [6.45, 7) is 11.9. The number of carbonyl (C=O) groups excluding carboxylic acids is 1. The molecular weight excluding hydrogens is 224 g/mol. The van der Waals surface area contributed by atoms with Crippen molar-refractivity contribution in [3.05, 3.63) is 0 Å². The first-order valence-electron chi connectivity index (χ1n) is 7.57. The highest BCUT2D eigenvalue weighted by Gasteiger charge is 2.22. The van der Waals surface area contributed by atoms with Gasteiger partial charge in [0, 0.05) is 18.5 Å². The van der Waals surface area contributed by atoms with Crippen molar-refractivity contribution in [2.24, 2.45) is 11.8 Å². The molecule has 1 unspecified atom stereocenters. The van der Waals surface area contributed by atoms with E-state index in [0.29, 0.717) is 12.0 Å². The Morgan fingerprint density at radius 1 is 1.17 bits per heavy atom. The number of likely N-dealkylation sites (tertiary alicyclic amines) is 1. The van der Waals surface area contributed by atoms with Crippen LogP contribution in [-0.4, -0.2) is 36.5 Å². The molecule has 1 N–H and O–H groups in total. The van der Waals surface area contributed by atoms with Crippen LogP contribution < -0.4 is 5.32 Å². The first kappa shape index (κ1) is 15.5. The lowest BCUT2D eigenvalue weighted by Gasteiger charge is -2.33. The van der Waals surface area contributed by atoms with Crippen molar-refractivity contribution in [1.29, 1.82) is 0 Å². The molecule has 2 atom stereocenters. The number of nitrogens with zero attached hydrogens (tertiary/aromatic N) is 1. The van der Waals surface area contributed by atoms with Gasteiger partial charge in [0.05, 0.1) is 0 Å². The average molecular weight is 254 g/mol. The lowest BCUT2D eigenvalue weighted by Crippen LogP contribution is -2.49. The second kappa shape index (κ2) is 7.78. The third-order valence-electron chi connectivity index (χ3n) is 4.10. The van der Waals surface area contributed by atoms with Crippen LogP contribution in [-0.2, 0) is 4.79 Å². The molecular formula is C15H30N2O. The van der Waals surface area contributed by atoms with Crippen molar-refractivity contribution in [1.82, 2.24) is 10.2 Å². The van der Waals surface area contributed by atoms with Gasteiger partial charge in [-0.2, -0.15) is 0 Å². The fourth-order valence-electron chi connectivity index (χ4n) is 2.35. The van der Waals surface area contributed by atoms with Crippen LogP contribution in [0.1, 0.15) is 53.4 Å². The van der Waals surface area contributed by atoms with Crippen molar-refractivity contribution in [3.63, 3.8) is 0 Å². The lowest BCUT2D eigenvalue weighted by atomic mass is 10.0. The second-order valence-electron chi connectivity index (χ2n) is 6.03. The highest BCUT2D eigenvalue weighted by atomic mass is 16.1. The maximum atomic E-state index is 12.0. The maximum Gasteiger partial charge on any atom is 0.223 e. The van der Waals surface area contributed by atoms with E-state index in [4.69, 9.17) is 0 Å². The molecule has 0 saturated carbocycles. The molecule has 0 radical (unpaired) electrons. The van der Waals surface area contributed by atoms with Crippen molar-refractivity contribution in [2.45, 2.75) is 59.4 Å². The zero-order chi connectivity index (χ0) is 13.5. The normalized spacial score (nSPS) is 20.7. The van der Waals surface area contributed by atoms with Gasteiger partial charge in [-0.15, -0.1) is 0 Å². The molecule has 3 heteroatoms. The minimum absolute atomic E-state index is 0.132. The molecule has 1 saturated heterocycles. The predicted molar refractivity (Wildman–Crippen MR) is 76.5 cm³/mol. The van der Waals surface area contributed by atoms with Gasteiger partial charge in [0.15, 0.2) is 0 Å². The van der Waals surface area contributed by atoms with Gasteiger partial charge in [0.1, 0.15) is 0 Å². The van der Waals surface area contributed by atoms with E-state index in [9.17, 15) is 4.79 Å². The summed E-state index contributed by atoms with van der Waals surface area (Å²) in [4.78, 5) is 14.5. The first-order chi connectivity index (χ1) is 8.54. The summed E-state index contributed by atoms with van der Waals surface area (Å²) in [5.41, 5.74) is 0. The number of carbonyl (C=O) groups is 1. The first-order valence-corrected chi connectivity index (χ1v) is 7.57. The van der Waals surface area contributed by atoms with Crippen LogP contribution >= 0.6 is 0 Å². The van der Waals surface area contributed by atoms with Crippen molar-refractivity contribution >= 4 is 5.91 Å². The van der Waals surface area contributed by atoms with E-state index >= 15 is 0 Å². The summed E-state index contributed by atoms with van der Waals surface area (Å²) in [5.74, 6) is 0.848. The van der Waals surface area contributed by atoms with Crippen molar-refractivity contribution in [2.75, 3.05) is 19.6 Å². The molecule has 1 aliphatic heterocycles. The molecule has 1 fully saturated rings. The van der Waals surface area contributed by atoms with Crippen LogP contribution in [0.3, 0.4) is 0 Å². The molecule has 0 aromatic heterocycles. The topological polar surface area (TPSA) is 32.3 Å². The van der Waals surface area contributed by atoms with Crippen molar-refractivity contribution in [3.8, 4) is 0 Å². The van der Waals surface area contributed by atoms with E-state index in [2.05, 4.69) is 31.0 Å². The Labute approximate surface area is 112 Å². The van der Waals surface area contributed by atoms with E-state index in [-0.39, 0.29) is 11.8 Å². The highest BCUT2D eigenvalue weighted by molar-refractivity contribution is 5.78. The van der Waals surface area contributed by atoms with Crippen LogP contribution in [0, 0.1) is 11.8 Å². The van der Waals surface area contributed by atoms with E-state index < -0.39 is 0 Å². The summed E-state index contributed by atoms with van der Waals surface area (Å²) in [7, 11) is 0. The Hall–Kier alpha value is -0.570. The second-order valence-corrected chi connectivity index (χ2v) is 6.03. The number of rotatable bonds is 6. The molecule has 0 aromatic rings. The fourth-order valence-corrected chi connectivity index (χ4v) is 2.35. The van der Waals surface area contributed by atoms with Gasteiger partial charge in [-0.05, 0) is 38.3 Å². The van der Waals surface area contributed by atoms with Gasteiger partial charge < -0.3 is 10.2 Å². The Balaban J connectivity index is 2.46. The lowest BCUT2D eigenvalue weighted by molar-refractivity contribution is -0.125. The molecule has 0 aromatic carbocycles. The summed E-state index contributed by atoms with van der Waals surface area (Å²) in [6, 6.07) is 0.296. The Kier molecular flexibility index (Phi) is 6.69. The fraction of sp³-hybridized carbons (Fsp3) is 0.933. The Bertz CT molecular complexity index is 247. The Morgan fingerprint density at radius 2 is 1.78 bits per heavy atom.